The predicted molar refractivity (Wildman–Crippen MR) is 84.6 cm³/mol. The predicted octanol–water partition coefficient (Wildman–Crippen LogP) is 2.72. The lowest BCUT2D eigenvalue weighted by Gasteiger charge is -2.14. The molecule has 1 heterocycles. The molecule has 112 valence electrons. The van der Waals surface area contributed by atoms with Crippen LogP contribution in [0.15, 0.2) is 30.3 Å². The number of nitrogens with two attached hydrogens (primary N) is 1. The summed E-state index contributed by atoms with van der Waals surface area (Å²) in [7, 11) is 0. The van der Waals surface area contributed by atoms with Crippen LogP contribution in [0.4, 0.5) is 0 Å². The van der Waals surface area contributed by atoms with Gasteiger partial charge in [0.15, 0.2) is 0 Å². The van der Waals surface area contributed by atoms with Crippen LogP contribution in [0, 0.1) is 6.92 Å². The Hall–Kier alpha value is -1.65. The van der Waals surface area contributed by atoms with Crippen molar-refractivity contribution < 1.29 is 4.79 Å². The molecule has 0 saturated heterocycles. The lowest BCUT2D eigenvalue weighted by Crippen LogP contribution is -2.24. The normalized spacial score (nSPS) is 12.4. The van der Waals surface area contributed by atoms with Gasteiger partial charge in [0.05, 0.1) is 28.7 Å². The maximum Gasteiger partial charge on any atom is 0.147 e. The van der Waals surface area contributed by atoms with Gasteiger partial charge in [0.25, 0.3) is 0 Å². The van der Waals surface area contributed by atoms with Crippen LogP contribution in [0.1, 0.15) is 29.8 Å². The monoisotopic (exact) mass is 305 g/mol. The molecule has 1 aromatic carbocycles. The zero-order valence-corrected chi connectivity index (χ0v) is 13.1. The highest BCUT2D eigenvalue weighted by molar-refractivity contribution is 6.32. The summed E-state index contributed by atoms with van der Waals surface area (Å²) in [5.74, 6) is -0.233. The topological polar surface area (TPSA) is 60.9 Å². The van der Waals surface area contributed by atoms with Gasteiger partial charge in [0, 0.05) is 13.1 Å². The van der Waals surface area contributed by atoms with E-state index in [2.05, 4.69) is 5.10 Å². The molecule has 0 radical (unpaired) electrons. The van der Waals surface area contributed by atoms with Crippen LogP contribution >= 0.6 is 11.6 Å². The van der Waals surface area contributed by atoms with Crippen molar-refractivity contribution in [1.29, 1.82) is 0 Å². The van der Waals surface area contributed by atoms with E-state index >= 15 is 0 Å². The van der Waals surface area contributed by atoms with Crippen molar-refractivity contribution in [1.82, 2.24) is 9.78 Å². The number of Topliss-reactive ketones (excluding diaryl/α,β-unsaturated/α-hetero) is 1. The third-order valence-electron chi connectivity index (χ3n) is 3.62. The average molecular weight is 306 g/mol. The second-order valence-corrected chi connectivity index (χ2v) is 5.38. The first kappa shape index (κ1) is 15.7. The molecule has 5 heteroatoms. The zero-order valence-electron chi connectivity index (χ0n) is 12.3. The van der Waals surface area contributed by atoms with Crippen molar-refractivity contribution in [3.05, 3.63) is 52.3 Å². The number of aromatic nitrogens is 2. The number of nitrogens with zero attached hydrogens (tertiary/aromatic N) is 2. The third kappa shape index (κ3) is 3.34. The molecule has 2 aromatic rings. The van der Waals surface area contributed by atoms with E-state index in [1.54, 1.807) is 4.68 Å². The molecule has 2 N–H and O–H groups in total. The highest BCUT2D eigenvalue weighted by Crippen LogP contribution is 2.24. The molecule has 0 aliphatic heterocycles. The van der Waals surface area contributed by atoms with E-state index in [9.17, 15) is 4.79 Å². The highest BCUT2D eigenvalue weighted by atomic mass is 35.5. The average Bonchev–Trinajstić information content (AvgIpc) is 2.77. The van der Waals surface area contributed by atoms with Gasteiger partial charge in [-0.2, -0.15) is 5.10 Å². The number of benzene rings is 1. The molecule has 2 rings (SSSR count). The first-order valence-corrected chi connectivity index (χ1v) is 7.45. The van der Waals surface area contributed by atoms with Crippen LogP contribution < -0.4 is 5.73 Å². The fourth-order valence-electron chi connectivity index (χ4n) is 2.46. The smallest absolute Gasteiger partial charge is 0.147 e. The molecule has 1 atom stereocenters. The first-order valence-electron chi connectivity index (χ1n) is 7.08. The maximum absolute atomic E-state index is 12.6. The fourth-order valence-corrected chi connectivity index (χ4v) is 2.67. The maximum atomic E-state index is 12.6. The quantitative estimate of drug-likeness (QED) is 0.892. The minimum Gasteiger partial charge on any atom is -0.329 e. The summed E-state index contributed by atoms with van der Waals surface area (Å²) in [5, 5.41) is 4.92. The van der Waals surface area contributed by atoms with Crippen LogP contribution in [0.25, 0.3) is 0 Å². The lowest BCUT2D eigenvalue weighted by atomic mass is 9.92. The van der Waals surface area contributed by atoms with Crippen molar-refractivity contribution in [2.45, 2.75) is 32.7 Å². The van der Waals surface area contributed by atoms with Crippen molar-refractivity contribution in [3.63, 3.8) is 0 Å². The van der Waals surface area contributed by atoms with E-state index in [0.29, 0.717) is 18.1 Å². The van der Waals surface area contributed by atoms with Crippen LogP contribution in [-0.4, -0.2) is 22.1 Å². The SMILES string of the molecule is CCn1nc(C)c(Cl)c1CC(=O)C(CN)c1ccccc1. The standard InChI is InChI=1S/C16H20ClN3O/c1-3-20-14(16(17)11(2)19-20)9-15(21)13(10-18)12-7-5-4-6-8-12/h4-8,13H,3,9-10,18H2,1-2H3. The van der Waals surface area contributed by atoms with Gasteiger partial charge in [-0.15, -0.1) is 0 Å². The Bertz CT molecular complexity index is 622. The molecule has 0 aliphatic carbocycles. The number of aryl methyl sites for hydroxylation is 2. The second-order valence-electron chi connectivity index (χ2n) is 5.00. The van der Waals surface area contributed by atoms with Crippen LogP contribution in [0.5, 0.6) is 0 Å². The number of carbonyl (C=O) groups excluding carboxylic acids is 1. The van der Waals surface area contributed by atoms with Crippen molar-refractivity contribution in [2.24, 2.45) is 5.73 Å². The highest BCUT2D eigenvalue weighted by Gasteiger charge is 2.23. The molecule has 0 bridgehead atoms. The van der Waals surface area contributed by atoms with Gasteiger partial charge in [0.1, 0.15) is 5.78 Å². The molecule has 0 fully saturated rings. The minimum absolute atomic E-state index is 0.0696. The number of hydrogen-bond acceptors (Lipinski definition) is 3. The Labute approximate surface area is 129 Å². The Morgan fingerprint density at radius 1 is 1.38 bits per heavy atom. The van der Waals surface area contributed by atoms with E-state index in [1.807, 2.05) is 44.2 Å². The van der Waals surface area contributed by atoms with Gasteiger partial charge < -0.3 is 5.73 Å². The molecule has 0 amide bonds. The summed E-state index contributed by atoms with van der Waals surface area (Å²) in [6.45, 7) is 4.81. The molecule has 0 saturated carbocycles. The van der Waals surface area contributed by atoms with Gasteiger partial charge in [-0.1, -0.05) is 41.9 Å². The summed E-state index contributed by atoms with van der Waals surface area (Å²) in [6, 6.07) is 9.62. The zero-order chi connectivity index (χ0) is 15.4. The molecule has 21 heavy (non-hydrogen) atoms. The first-order chi connectivity index (χ1) is 10.1. The third-order valence-corrected chi connectivity index (χ3v) is 4.11. The number of ketones is 1. The molecule has 4 nitrogen and oxygen atoms in total. The number of hydrogen-bond donors (Lipinski definition) is 1. The Kier molecular flexibility index (Phi) is 5.15. The van der Waals surface area contributed by atoms with Crippen molar-refractivity contribution >= 4 is 17.4 Å². The van der Waals surface area contributed by atoms with Crippen LogP contribution in [0.3, 0.4) is 0 Å². The van der Waals surface area contributed by atoms with Gasteiger partial charge in [-0.3, -0.25) is 9.48 Å². The number of rotatable bonds is 6. The number of halogens is 1. The Balaban J connectivity index is 2.25. The summed E-state index contributed by atoms with van der Waals surface area (Å²) >= 11 is 6.26. The molecule has 1 unspecified atom stereocenters. The molecular formula is C16H20ClN3O. The van der Waals surface area contributed by atoms with Gasteiger partial charge in [-0.05, 0) is 19.4 Å². The van der Waals surface area contributed by atoms with Crippen LogP contribution in [-0.2, 0) is 17.8 Å². The largest absolute Gasteiger partial charge is 0.329 e. The molecule has 0 spiro atoms. The Morgan fingerprint density at radius 2 is 2.05 bits per heavy atom. The van der Waals surface area contributed by atoms with Gasteiger partial charge in [-0.25, -0.2) is 0 Å². The number of carbonyl (C=O) groups is 1. The van der Waals surface area contributed by atoms with Gasteiger partial charge >= 0.3 is 0 Å². The fraction of sp³-hybridized carbons (Fsp3) is 0.375. The minimum atomic E-state index is -0.303. The summed E-state index contributed by atoms with van der Waals surface area (Å²) in [6.07, 6.45) is 0.254. The van der Waals surface area contributed by atoms with Crippen molar-refractivity contribution in [2.75, 3.05) is 6.54 Å². The van der Waals surface area contributed by atoms with E-state index in [4.69, 9.17) is 17.3 Å². The second kappa shape index (κ2) is 6.87. The van der Waals surface area contributed by atoms with Crippen molar-refractivity contribution in [3.8, 4) is 0 Å². The van der Waals surface area contributed by atoms with E-state index in [0.717, 1.165) is 17.0 Å². The summed E-state index contributed by atoms with van der Waals surface area (Å²) in [4.78, 5) is 12.6. The van der Waals surface area contributed by atoms with E-state index in [1.165, 1.54) is 0 Å². The summed E-state index contributed by atoms with van der Waals surface area (Å²) in [5.41, 5.74) is 8.27. The van der Waals surface area contributed by atoms with Gasteiger partial charge in [0.2, 0.25) is 0 Å². The molecule has 1 aromatic heterocycles. The Morgan fingerprint density at radius 3 is 2.62 bits per heavy atom. The molecule has 0 aliphatic rings. The summed E-state index contributed by atoms with van der Waals surface area (Å²) < 4.78 is 1.79. The van der Waals surface area contributed by atoms with E-state index < -0.39 is 0 Å². The van der Waals surface area contributed by atoms with Crippen LogP contribution in [0.2, 0.25) is 5.02 Å². The van der Waals surface area contributed by atoms with E-state index in [-0.39, 0.29) is 18.1 Å². The lowest BCUT2D eigenvalue weighted by molar-refractivity contribution is -0.119. The molecular weight excluding hydrogens is 286 g/mol.